The van der Waals surface area contributed by atoms with E-state index in [1.54, 1.807) is 6.07 Å². The van der Waals surface area contributed by atoms with Gasteiger partial charge in [-0.25, -0.2) is 19.5 Å². The van der Waals surface area contributed by atoms with Crippen molar-refractivity contribution >= 4 is 38.8 Å². The number of nitrogens with two attached hydrogens (primary N) is 1. The Morgan fingerprint density at radius 3 is 2.58 bits per heavy atom. The number of imidazole rings is 1. The van der Waals surface area contributed by atoms with E-state index in [2.05, 4.69) is 19.3 Å². The van der Waals surface area contributed by atoms with Gasteiger partial charge in [0, 0.05) is 10.6 Å². The Balaban J connectivity index is 1.13. The quantitative estimate of drug-likeness (QED) is 0.0798. The van der Waals surface area contributed by atoms with Gasteiger partial charge in [0.05, 0.1) is 18.5 Å². The van der Waals surface area contributed by atoms with Crippen molar-refractivity contribution in [3.63, 3.8) is 0 Å². The highest BCUT2D eigenvalue weighted by Gasteiger charge is 2.50. The Morgan fingerprint density at radius 1 is 1.12 bits per heavy atom. The number of carbonyl (C=O) groups excluding carboxylic acids is 1. The Morgan fingerprint density at radius 2 is 1.84 bits per heavy atom. The van der Waals surface area contributed by atoms with Crippen LogP contribution >= 0.6 is 16.1 Å². The van der Waals surface area contributed by atoms with E-state index in [1.807, 2.05) is 0 Å². The minimum atomic E-state index is -5.06. The Hall–Kier alpha value is -2.90. The number of rotatable bonds is 11. The van der Waals surface area contributed by atoms with Crippen molar-refractivity contribution in [3.8, 4) is 0 Å². The zero-order chi connectivity index (χ0) is 31.1. The van der Waals surface area contributed by atoms with Crippen LogP contribution in [0.25, 0.3) is 11.2 Å². The summed E-state index contributed by atoms with van der Waals surface area (Å²) in [4.78, 5) is 33.6. The number of Topliss-reactive ketones (excluding diaryl/α,β-unsaturated/α-hetero) is 1. The number of hydrogen-bond acceptors (Lipinski definition) is 16. The van der Waals surface area contributed by atoms with Crippen molar-refractivity contribution in [2.24, 2.45) is 0 Å². The van der Waals surface area contributed by atoms with Crippen LogP contribution in [0.5, 0.6) is 0 Å². The third kappa shape index (κ3) is 6.63. The summed E-state index contributed by atoms with van der Waals surface area (Å²) in [5, 5.41) is 41.7. The molecule has 10 atom stereocenters. The van der Waals surface area contributed by atoms with Crippen LogP contribution in [0, 0.1) is 0 Å². The molecule has 0 bridgehead atoms. The lowest BCUT2D eigenvalue weighted by Crippen LogP contribution is -2.46. The SMILES string of the molecule is CC(=O)c1ccc[n+]([C@H]2O[C@@H](COP(=O)(O)O[P+](=O)OC[C@H]3O[C@@H](n4cnc5c(N)ncnc54)[C@H](O)[C@@H]3O)[C@H](O)[C@@H]2O)c1. The molecule has 0 amide bonds. The van der Waals surface area contributed by atoms with E-state index < -0.39 is 78.4 Å². The van der Waals surface area contributed by atoms with Crippen LogP contribution < -0.4 is 10.3 Å². The van der Waals surface area contributed by atoms with Gasteiger partial charge < -0.3 is 35.6 Å². The number of ketones is 1. The first kappa shape index (κ1) is 31.5. The van der Waals surface area contributed by atoms with Gasteiger partial charge in [0.15, 0.2) is 42.0 Å². The van der Waals surface area contributed by atoms with Gasteiger partial charge in [0.1, 0.15) is 49.0 Å². The molecule has 5 heterocycles. The monoisotopic (exact) mass is 646 g/mol. The molecule has 19 nitrogen and oxygen atoms in total. The van der Waals surface area contributed by atoms with E-state index in [1.165, 1.54) is 47.2 Å². The van der Waals surface area contributed by atoms with Gasteiger partial charge in [0.2, 0.25) is 0 Å². The summed E-state index contributed by atoms with van der Waals surface area (Å²) in [7, 11) is -8.37. The molecule has 2 saturated heterocycles. The van der Waals surface area contributed by atoms with E-state index in [4.69, 9.17) is 24.3 Å². The highest BCUT2D eigenvalue weighted by Crippen LogP contribution is 2.53. The number of aromatic nitrogens is 5. The zero-order valence-electron chi connectivity index (χ0n) is 22.2. The van der Waals surface area contributed by atoms with Gasteiger partial charge in [-0.2, -0.15) is 4.57 Å². The van der Waals surface area contributed by atoms with Crippen molar-refractivity contribution in [2.75, 3.05) is 18.9 Å². The number of phosphoric acid groups is 1. The number of hydrogen-bond donors (Lipinski definition) is 6. The number of pyridine rings is 1. The van der Waals surface area contributed by atoms with Crippen molar-refractivity contribution in [3.05, 3.63) is 42.7 Å². The number of carbonyl (C=O) groups is 1. The average Bonchev–Trinajstić information content (AvgIpc) is 3.61. The largest absolute Gasteiger partial charge is 0.708 e. The zero-order valence-corrected chi connectivity index (χ0v) is 24.0. The number of aliphatic hydroxyl groups excluding tert-OH is 4. The minimum Gasteiger partial charge on any atom is -0.387 e. The lowest BCUT2D eigenvalue weighted by Gasteiger charge is -2.16. The fourth-order valence-electron chi connectivity index (χ4n) is 4.56. The molecule has 0 saturated carbocycles. The van der Waals surface area contributed by atoms with Gasteiger partial charge in [-0.15, -0.1) is 4.52 Å². The number of fused-ring (bicyclic) bond motifs is 1. The molecular formula is C22H28N6O13P2+2. The summed E-state index contributed by atoms with van der Waals surface area (Å²) in [5.41, 5.74) is 6.54. The highest BCUT2D eigenvalue weighted by atomic mass is 31.2. The first-order valence-corrected chi connectivity index (χ1v) is 15.2. The summed E-state index contributed by atoms with van der Waals surface area (Å²) in [6.45, 7) is -0.0460. The predicted octanol–water partition coefficient (Wildman–Crippen LogP) is -1.36. The molecule has 3 aromatic rings. The Labute approximate surface area is 243 Å². The minimum absolute atomic E-state index is 0.0878. The standard InChI is InChI=1S/C22H27N6O13P2/c1-10(29)11-3-2-4-27(5-11)21-17(32)16(31)13(39-21)7-38-43(35,36)41-42(34)37-6-12-15(30)18(33)22(40-12)28-9-26-14-19(23)24-8-25-20(14)28/h2-5,8-9,12-13,15-18,21-22,30-33H,6-7H2,1H3,(H2-,23,24,25,35,36)/q+1/p+1/t12-,13+,15-,16+,17+,18-,21+,22-/m1/s1. The van der Waals surface area contributed by atoms with Gasteiger partial charge >= 0.3 is 16.1 Å². The summed E-state index contributed by atoms with van der Waals surface area (Å²) >= 11 is 0. The fourth-order valence-corrected chi connectivity index (χ4v) is 6.21. The van der Waals surface area contributed by atoms with E-state index in [0.29, 0.717) is 5.56 Å². The molecule has 5 rings (SSSR count). The first-order chi connectivity index (χ1) is 20.4. The Bertz CT molecular complexity index is 1560. The second kappa shape index (κ2) is 12.6. The molecule has 0 aliphatic carbocycles. The van der Waals surface area contributed by atoms with Crippen LogP contribution in [0.2, 0.25) is 0 Å². The van der Waals surface area contributed by atoms with Gasteiger partial charge in [-0.05, 0) is 17.3 Å². The molecule has 2 fully saturated rings. The van der Waals surface area contributed by atoms with Crippen LogP contribution in [-0.4, -0.2) is 100 Å². The maximum atomic E-state index is 12.4. The van der Waals surface area contributed by atoms with Crippen molar-refractivity contribution in [2.45, 2.75) is 56.0 Å². The number of anilines is 1. The number of phosphoric ester groups is 1. The molecule has 43 heavy (non-hydrogen) atoms. The van der Waals surface area contributed by atoms with Crippen molar-refractivity contribution in [1.82, 2.24) is 19.5 Å². The summed E-state index contributed by atoms with van der Waals surface area (Å²) in [6, 6.07) is 3.09. The molecule has 0 aromatic carbocycles. The second-order valence-electron chi connectivity index (χ2n) is 9.64. The molecule has 3 aromatic heterocycles. The van der Waals surface area contributed by atoms with Gasteiger partial charge in [-0.1, -0.05) is 0 Å². The van der Waals surface area contributed by atoms with E-state index in [-0.39, 0.29) is 22.8 Å². The number of aliphatic hydroxyl groups is 4. The number of ether oxygens (including phenoxy) is 2. The molecule has 2 aliphatic heterocycles. The summed E-state index contributed by atoms with van der Waals surface area (Å²) in [5.74, 6) is -0.153. The van der Waals surface area contributed by atoms with E-state index in [0.717, 1.165) is 0 Å². The molecule has 0 radical (unpaired) electrons. The number of nitrogen functional groups attached to an aromatic ring is 1. The van der Waals surface area contributed by atoms with Crippen molar-refractivity contribution in [1.29, 1.82) is 0 Å². The van der Waals surface area contributed by atoms with Crippen LogP contribution in [0.4, 0.5) is 5.82 Å². The third-order valence-corrected chi connectivity index (χ3v) is 8.97. The smallest absolute Gasteiger partial charge is 0.387 e. The third-order valence-electron chi connectivity index (χ3n) is 6.77. The lowest BCUT2D eigenvalue weighted by atomic mass is 10.1. The maximum Gasteiger partial charge on any atom is 0.708 e. The van der Waals surface area contributed by atoms with E-state index in [9.17, 15) is 39.2 Å². The lowest BCUT2D eigenvalue weighted by molar-refractivity contribution is -0.765. The summed E-state index contributed by atoms with van der Waals surface area (Å²) in [6.07, 6.45) is -5.61. The van der Waals surface area contributed by atoms with Crippen molar-refractivity contribution < 1.29 is 66.6 Å². The molecule has 21 heteroatoms. The molecule has 2 unspecified atom stereocenters. The van der Waals surface area contributed by atoms with E-state index >= 15 is 0 Å². The molecule has 0 spiro atoms. The molecular weight excluding hydrogens is 618 g/mol. The summed E-state index contributed by atoms with van der Waals surface area (Å²) < 4.78 is 52.7. The van der Waals surface area contributed by atoms with Crippen LogP contribution in [0.1, 0.15) is 29.7 Å². The van der Waals surface area contributed by atoms with Gasteiger partial charge in [0.25, 0.3) is 6.23 Å². The normalized spacial score (nSPS) is 30.9. The second-order valence-corrected chi connectivity index (χ2v) is 12.2. The van der Waals surface area contributed by atoms with Crippen LogP contribution in [0.3, 0.4) is 0 Å². The average molecular weight is 646 g/mol. The molecule has 2 aliphatic rings. The number of nitrogens with zero attached hydrogens (tertiary/aromatic N) is 5. The first-order valence-electron chi connectivity index (χ1n) is 12.6. The topological polar surface area (TPSA) is 272 Å². The van der Waals surface area contributed by atoms with Crippen LogP contribution in [-0.2, 0) is 32.0 Å². The fraction of sp³-hybridized carbons (Fsp3) is 0.500. The predicted molar refractivity (Wildman–Crippen MR) is 139 cm³/mol. The highest BCUT2D eigenvalue weighted by molar-refractivity contribution is 7.56. The van der Waals surface area contributed by atoms with Crippen LogP contribution in [0.15, 0.2) is 37.2 Å². The molecule has 232 valence electrons. The Kier molecular flexibility index (Phi) is 9.24. The maximum absolute atomic E-state index is 12.4. The van der Waals surface area contributed by atoms with Gasteiger partial charge in [-0.3, -0.25) is 18.8 Å². The molecule has 7 N–H and O–H groups in total.